The first kappa shape index (κ1) is 21.6. The summed E-state index contributed by atoms with van der Waals surface area (Å²) in [5.74, 6) is -4.91. The van der Waals surface area contributed by atoms with Crippen LogP contribution in [-0.2, 0) is 35.7 Å². The Morgan fingerprint density at radius 3 is 0.905 bits per heavy atom. The average Bonchev–Trinajstić information content (AvgIpc) is 2.22. The van der Waals surface area contributed by atoms with E-state index in [1.165, 1.54) is 0 Å². The monoisotopic (exact) mass is 350 g/mol. The minimum absolute atomic E-state index is 0. The summed E-state index contributed by atoms with van der Waals surface area (Å²) in [6.45, 7) is -2.25. The Morgan fingerprint density at radius 2 is 0.762 bits per heavy atom. The molecule has 0 fully saturated rings. The fourth-order valence-electron chi connectivity index (χ4n) is 1.48. The van der Waals surface area contributed by atoms with E-state index in [0.29, 0.717) is 0 Å². The van der Waals surface area contributed by atoms with E-state index in [2.05, 4.69) is 0 Å². The summed E-state index contributed by atoms with van der Waals surface area (Å²) in [6, 6.07) is 0. The van der Waals surface area contributed by atoms with Crippen molar-refractivity contribution in [3.63, 3.8) is 0 Å². The fourth-order valence-corrected chi connectivity index (χ4v) is 1.48. The predicted molar refractivity (Wildman–Crippen MR) is 63.4 cm³/mol. The molecule has 0 unspecified atom stereocenters. The molecular weight excluding hydrogens is 335 g/mol. The quantitative estimate of drug-likeness (QED) is 0.305. The van der Waals surface area contributed by atoms with Crippen molar-refractivity contribution in [2.45, 2.75) is 0 Å². The van der Waals surface area contributed by atoms with Crippen LogP contribution in [0.1, 0.15) is 0 Å². The number of carbonyl (C=O) groups is 4. The first-order valence-corrected chi connectivity index (χ1v) is 5.52. The van der Waals surface area contributed by atoms with Crippen LogP contribution in [0.2, 0.25) is 0 Å². The molecule has 0 spiro atoms. The Labute approximate surface area is 129 Å². The molecule has 21 heavy (non-hydrogen) atoms. The van der Waals surface area contributed by atoms with Gasteiger partial charge in [0.15, 0.2) is 0 Å². The van der Waals surface area contributed by atoms with E-state index >= 15 is 0 Å². The van der Waals surface area contributed by atoms with Crippen LogP contribution in [-0.4, -0.2) is 93.4 Å². The van der Waals surface area contributed by atoms with Crippen LogP contribution in [0.5, 0.6) is 0 Å². The van der Waals surface area contributed by atoms with Gasteiger partial charge in [0.2, 0.25) is 0 Å². The molecule has 0 aromatic heterocycles. The van der Waals surface area contributed by atoms with Crippen LogP contribution in [0, 0.1) is 0 Å². The van der Waals surface area contributed by atoms with E-state index in [0.717, 1.165) is 9.80 Å². The molecule has 10 nitrogen and oxygen atoms in total. The van der Waals surface area contributed by atoms with E-state index < -0.39 is 50.1 Å². The molecule has 4 N–H and O–H groups in total. The van der Waals surface area contributed by atoms with Crippen molar-refractivity contribution in [3.8, 4) is 0 Å². The Hall–Kier alpha value is -1.71. The van der Waals surface area contributed by atoms with Gasteiger partial charge in [0, 0.05) is 29.6 Å². The maximum Gasteiger partial charge on any atom is 0.317 e. The van der Waals surface area contributed by atoms with Crippen LogP contribution in [0.3, 0.4) is 0 Å². The molecule has 0 aliphatic carbocycles. The van der Waals surface area contributed by atoms with Crippen LogP contribution in [0.15, 0.2) is 0 Å². The van der Waals surface area contributed by atoms with Crippen LogP contribution in [0.4, 0.5) is 0 Å². The van der Waals surface area contributed by atoms with Crippen molar-refractivity contribution < 1.29 is 56.1 Å². The van der Waals surface area contributed by atoms with Gasteiger partial charge >= 0.3 is 23.9 Å². The van der Waals surface area contributed by atoms with E-state index in [-0.39, 0.29) is 29.6 Å². The number of hydrogen-bond donors (Lipinski definition) is 4. The SMILES string of the molecule is O=C(O)CN(CCN(CC(=O)O)CC(=O)O)CC(=O)O.[Ni]. The van der Waals surface area contributed by atoms with Gasteiger partial charge < -0.3 is 20.4 Å². The van der Waals surface area contributed by atoms with Gasteiger partial charge in [-0.2, -0.15) is 0 Å². The Bertz CT molecular complexity index is 321. The first-order valence-electron chi connectivity index (χ1n) is 5.52. The molecule has 0 amide bonds. The molecule has 0 aromatic carbocycles. The zero-order valence-electron chi connectivity index (χ0n) is 10.9. The summed E-state index contributed by atoms with van der Waals surface area (Å²) in [4.78, 5) is 44.4. The smallest absolute Gasteiger partial charge is 0.317 e. The van der Waals surface area contributed by atoms with Crippen molar-refractivity contribution in [1.29, 1.82) is 0 Å². The van der Waals surface area contributed by atoms with E-state index in [1.54, 1.807) is 0 Å². The number of rotatable bonds is 11. The standard InChI is InChI=1S/C10H16N2O8.Ni/c13-7(14)3-11(4-8(15)16)1-2-12(5-9(17)18)6-10(19)20;/h1-6H2,(H,13,14)(H,15,16)(H,17,18)(H,19,20);. The fraction of sp³-hybridized carbons (Fsp3) is 0.600. The summed E-state index contributed by atoms with van der Waals surface area (Å²) in [5, 5.41) is 34.5. The summed E-state index contributed by atoms with van der Waals surface area (Å²) in [5.41, 5.74) is 0. The third-order valence-corrected chi connectivity index (χ3v) is 2.17. The van der Waals surface area contributed by atoms with Gasteiger partial charge in [0.25, 0.3) is 0 Å². The minimum atomic E-state index is -1.23. The number of carboxylic acids is 4. The Morgan fingerprint density at radius 1 is 0.571 bits per heavy atom. The Kier molecular flexibility index (Phi) is 11.3. The van der Waals surface area contributed by atoms with Crippen molar-refractivity contribution in [3.05, 3.63) is 0 Å². The van der Waals surface area contributed by atoms with Crippen molar-refractivity contribution >= 4 is 23.9 Å². The molecule has 0 rings (SSSR count). The summed E-state index contributed by atoms with van der Waals surface area (Å²) >= 11 is 0. The second-order valence-electron chi connectivity index (χ2n) is 4.00. The molecule has 0 radical (unpaired) electrons. The summed E-state index contributed by atoms with van der Waals surface area (Å²) in [7, 11) is 0. The van der Waals surface area contributed by atoms with E-state index in [4.69, 9.17) is 20.4 Å². The van der Waals surface area contributed by atoms with Gasteiger partial charge in [-0.05, 0) is 0 Å². The molecule has 0 aliphatic rings. The number of hydrogen-bond acceptors (Lipinski definition) is 6. The van der Waals surface area contributed by atoms with Gasteiger partial charge in [-0.3, -0.25) is 29.0 Å². The largest absolute Gasteiger partial charge is 0.480 e. The summed E-state index contributed by atoms with van der Waals surface area (Å²) in [6.07, 6.45) is 0. The van der Waals surface area contributed by atoms with Gasteiger partial charge in [-0.15, -0.1) is 0 Å². The second kappa shape index (κ2) is 11.0. The van der Waals surface area contributed by atoms with Crippen molar-refractivity contribution in [2.75, 3.05) is 39.3 Å². The molecular formula is C10H16N2NiO8. The normalized spacial score (nSPS) is 10.2. The van der Waals surface area contributed by atoms with Crippen LogP contribution in [0.25, 0.3) is 0 Å². The number of nitrogens with zero attached hydrogens (tertiary/aromatic N) is 2. The molecule has 0 heterocycles. The molecule has 0 saturated heterocycles. The molecule has 11 heteroatoms. The summed E-state index contributed by atoms with van der Waals surface area (Å²) < 4.78 is 0. The molecule has 0 bridgehead atoms. The third-order valence-electron chi connectivity index (χ3n) is 2.17. The maximum absolute atomic E-state index is 10.6. The first-order chi connectivity index (χ1) is 9.20. The second-order valence-corrected chi connectivity index (χ2v) is 4.00. The maximum atomic E-state index is 10.6. The van der Waals surface area contributed by atoms with Crippen LogP contribution < -0.4 is 0 Å². The van der Waals surface area contributed by atoms with E-state index in [9.17, 15) is 19.2 Å². The predicted octanol–water partition coefficient (Wildman–Crippen LogP) is -2.07. The Balaban J connectivity index is 0. The van der Waals surface area contributed by atoms with Crippen molar-refractivity contribution in [2.24, 2.45) is 0 Å². The van der Waals surface area contributed by atoms with E-state index in [1.807, 2.05) is 0 Å². The van der Waals surface area contributed by atoms with Gasteiger partial charge in [0.1, 0.15) is 0 Å². The van der Waals surface area contributed by atoms with Gasteiger partial charge in [-0.25, -0.2) is 0 Å². The zero-order valence-corrected chi connectivity index (χ0v) is 11.9. The molecule has 0 saturated carbocycles. The van der Waals surface area contributed by atoms with Crippen LogP contribution >= 0.6 is 0 Å². The molecule has 0 aliphatic heterocycles. The average molecular weight is 351 g/mol. The third kappa shape index (κ3) is 13.0. The minimum Gasteiger partial charge on any atom is -0.480 e. The molecule has 124 valence electrons. The molecule has 0 atom stereocenters. The zero-order chi connectivity index (χ0) is 15.7. The number of aliphatic carboxylic acids is 4. The topological polar surface area (TPSA) is 156 Å². The van der Waals surface area contributed by atoms with Gasteiger partial charge in [-0.1, -0.05) is 0 Å². The van der Waals surface area contributed by atoms with Crippen molar-refractivity contribution in [1.82, 2.24) is 9.80 Å². The van der Waals surface area contributed by atoms with Gasteiger partial charge in [0.05, 0.1) is 26.2 Å². The molecule has 0 aromatic rings. The number of carboxylic acid groups (broad SMARTS) is 4.